The number of aryl methyl sites for hydroxylation is 1. The van der Waals surface area contributed by atoms with Gasteiger partial charge in [0.25, 0.3) is 0 Å². The molecule has 0 bridgehead atoms. The van der Waals surface area contributed by atoms with Gasteiger partial charge in [-0.2, -0.15) is 5.10 Å². The lowest BCUT2D eigenvalue weighted by atomic mass is 10.3. The normalized spacial score (nSPS) is 10.9. The van der Waals surface area contributed by atoms with Crippen LogP contribution in [0.3, 0.4) is 0 Å². The summed E-state index contributed by atoms with van der Waals surface area (Å²) in [4.78, 5) is 0. The van der Waals surface area contributed by atoms with Crippen molar-refractivity contribution in [1.82, 2.24) is 9.78 Å². The highest BCUT2D eigenvalue weighted by Gasteiger charge is 2.16. The summed E-state index contributed by atoms with van der Waals surface area (Å²) in [6.45, 7) is 5.97. The number of hydrogen-bond donors (Lipinski definition) is 2. The molecular formula is C14H19ClN4O. The van der Waals surface area contributed by atoms with Crippen molar-refractivity contribution in [2.45, 2.75) is 26.8 Å². The first-order chi connectivity index (χ1) is 9.43. The van der Waals surface area contributed by atoms with Crippen LogP contribution in [0.2, 0.25) is 5.02 Å². The lowest BCUT2D eigenvalue weighted by Crippen LogP contribution is -2.08. The lowest BCUT2D eigenvalue weighted by molar-refractivity contribution is 0.415. The Morgan fingerprint density at radius 1 is 1.40 bits per heavy atom. The third-order valence-corrected chi connectivity index (χ3v) is 3.38. The van der Waals surface area contributed by atoms with Gasteiger partial charge in [-0.1, -0.05) is 11.6 Å². The number of halogens is 1. The number of hydrogen-bond acceptors (Lipinski definition) is 4. The van der Waals surface area contributed by atoms with Gasteiger partial charge in [-0.15, -0.1) is 0 Å². The average molecular weight is 295 g/mol. The van der Waals surface area contributed by atoms with Gasteiger partial charge in [0.05, 0.1) is 29.2 Å². The molecule has 3 N–H and O–H groups in total. The van der Waals surface area contributed by atoms with Gasteiger partial charge >= 0.3 is 0 Å². The maximum Gasteiger partial charge on any atom is 0.152 e. The number of nitrogen functional groups attached to an aromatic ring is 1. The molecule has 20 heavy (non-hydrogen) atoms. The number of rotatable bonds is 4. The van der Waals surface area contributed by atoms with Crippen LogP contribution in [0, 0.1) is 6.92 Å². The second-order valence-corrected chi connectivity index (χ2v) is 5.26. The smallest absolute Gasteiger partial charge is 0.152 e. The Morgan fingerprint density at radius 2 is 2.10 bits per heavy atom. The predicted molar refractivity (Wildman–Crippen MR) is 83.0 cm³/mol. The van der Waals surface area contributed by atoms with Crippen molar-refractivity contribution >= 4 is 28.8 Å². The topological polar surface area (TPSA) is 65.1 Å². The molecule has 0 radical (unpaired) electrons. The molecule has 0 unspecified atom stereocenters. The molecule has 0 spiro atoms. The van der Waals surface area contributed by atoms with Crippen molar-refractivity contribution in [2.75, 3.05) is 18.2 Å². The molecule has 0 aliphatic rings. The molecule has 2 aromatic rings. The molecule has 0 atom stereocenters. The van der Waals surface area contributed by atoms with Crippen molar-refractivity contribution in [1.29, 1.82) is 0 Å². The highest BCUT2D eigenvalue weighted by Crippen LogP contribution is 2.33. The summed E-state index contributed by atoms with van der Waals surface area (Å²) in [5.74, 6) is 1.47. The first-order valence-electron chi connectivity index (χ1n) is 6.39. The van der Waals surface area contributed by atoms with Crippen LogP contribution in [0.15, 0.2) is 18.2 Å². The molecule has 6 heteroatoms. The first kappa shape index (κ1) is 14.5. The van der Waals surface area contributed by atoms with Crippen LogP contribution < -0.4 is 15.8 Å². The number of nitrogens with zero attached hydrogens (tertiary/aromatic N) is 2. The van der Waals surface area contributed by atoms with Gasteiger partial charge in [-0.3, -0.25) is 0 Å². The third kappa shape index (κ3) is 2.67. The Bertz CT molecular complexity index is 622. The van der Waals surface area contributed by atoms with Gasteiger partial charge in [0, 0.05) is 12.1 Å². The number of nitrogens with two attached hydrogens (primary N) is 1. The Hall–Kier alpha value is -1.88. The highest BCUT2D eigenvalue weighted by molar-refractivity contribution is 6.33. The van der Waals surface area contributed by atoms with Gasteiger partial charge < -0.3 is 15.8 Å². The van der Waals surface area contributed by atoms with Gasteiger partial charge in [0.15, 0.2) is 5.82 Å². The SMILES string of the molecule is COc1ccc(Cl)c(Nc2c(N)c(C)nn2C(C)C)c1. The van der Waals surface area contributed by atoms with E-state index in [4.69, 9.17) is 22.1 Å². The maximum atomic E-state index is 6.21. The van der Waals surface area contributed by atoms with Gasteiger partial charge in [-0.25, -0.2) is 4.68 Å². The molecule has 0 amide bonds. The van der Waals surface area contributed by atoms with Crippen LogP contribution in [0.25, 0.3) is 0 Å². The molecule has 0 saturated heterocycles. The van der Waals surface area contributed by atoms with E-state index in [1.165, 1.54) is 0 Å². The van der Waals surface area contributed by atoms with Crippen molar-refractivity contribution in [3.05, 3.63) is 28.9 Å². The molecule has 0 aliphatic carbocycles. The first-order valence-corrected chi connectivity index (χ1v) is 6.77. The van der Waals surface area contributed by atoms with E-state index in [2.05, 4.69) is 10.4 Å². The number of nitrogens with one attached hydrogen (secondary N) is 1. The van der Waals surface area contributed by atoms with E-state index in [0.29, 0.717) is 10.7 Å². The predicted octanol–water partition coefficient (Wildman–Crippen LogP) is 3.76. The summed E-state index contributed by atoms with van der Waals surface area (Å²) in [5.41, 5.74) is 8.24. The average Bonchev–Trinajstić information content (AvgIpc) is 2.69. The van der Waals surface area contributed by atoms with Crippen LogP contribution in [-0.4, -0.2) is 16.9 Å². The van der Waals surface area contributed by atoms with E-state index in [0.717, 1.165) is 22.9 Å². The highest BCUT2D eigenvalue weighted by atomic mass is 35.5. The molecule has 1 aromatic heterocycles. The minimum Gasteiger partial charge on any atom is -0.497 e. The van der Waals surface area contributed by atoms with Crippen LogP contribution in [0.4, 0.5) is 17.2 Å². The zero-order valence-corrected chi connectivity index (χ0v) is 12.8. The quantitative estimate of drug-likeness (QED) is 0.901. The molecule has 1 aromatic carbocycles. The Balaban J connectivity index is 2.44. The van der Waals surface area contributed by atoms with Crippen molar-refractivity contribution in [2.24, 2.45) is 0 Å². The second-order valence-electron chi connectivity index (χ2n) is 4.86. The standard InChI is InChI=1S/C14H19ClN4O/c1-8(2)19-14(13(16)9(3)18-19)17-12-7-10(20-4)5-6-11(12)15/h5-8,17H,16H2,1-4H3. The Kier molecular flexibility index (Phi) is 4.09. The number of aromatic nitrogens is 2. The summed E-state index contributed by atoms with van der Waals surface area (Å²) in [7, 11) is 1.61. The van der Waals surface area contributed by atoms with Crippen molar-refractivity contribution in [3.63, 3.8) is 0 Å². The van der Waals surface area contributed by atoms with Crippen molar-refractivity contribution < 1.29 is 4.74 Å². The van der Waals surface area contributed by atoms with Crippen LogP contribution in [0.5, 0.6) is 5.75 Å². The summed E-state index contributed by atoms with van der Waals surface area (Å²) >= 11 is 6.21. The largest absolute Gasteiger partial charge is 0.497 e. The number of benzene rings is 1. The molecule has 108 valence electrons. The third-order valence-electron chi connectivity index (χ3n) is 3.05. The van der Waals surface area contributed by atoms with Gasteiger partial charge in [0.1, 0.15) is 5.75 Å². The second kappa shape index (κ2) is 5.63. The molecule has 1 heterocycles. The van der Waals surface area contributed by atoms with Gasteiger partial charge in [0.2, 0.25) is 0 Å². The summed E-state index contributed by atoms with van der Waals surface area (Å²) in [6, 6.07) is 5.61. The monoisotopic (exact) mass is 294 g/mol. The molecule has 5 nitrogen and oxygen atoms in total. The molecule has 0 aliphatic heterocycles. The Morgan fingerprint density at radius 3 is 2.70 bits per heavy atom. The van der Waals surface area contributed by atoms with E-state index in [1.54, 1.807) is 13.2 Å². The van der Waals surface area contributed by atoms with E-state index >= 15 is 0 Å². The summed E-state index contributed by atoms with van der Waals surface area (Å²) < 4.78 is 7.06. The molecular weight excluding hydrogens is 276 g/mol. The Labute approximate surface area is 123 Å². The van der Waals surface area contributed by atoms with Crippen LogP contribution >= 0.6 is 11.6 Å². The number of ether oxygens (including phenoxy) is 1. The number of methoxy groups -OCH3 is 1. The minimum atomic E-state index is 0.192. The van der Waals surface area contributed by atoms with Crippen LogP contribution in [-0.2, 0) is 0 Å². The minimum absolute atomic E-state index is 0.192. The fraction of sp³-hybridized carbons (Fsp3) is 0.357. The zero-order chi connectivity index (χ0) is 14.9. The zero-order valence-electron chi connectivity index (χ0n) is 12.1. The summed E-state index contributed by atoms with van der Waals surface area (Å²) in [6.07, 6.45) is 0. The molecule has 2 rings (SSSR count). The fourth-order valence-electron chi connectivity index (χ4n) is 1.91. The molecule has 0 saturated carbocycles. The fourth-order valence-corrected chi connectivity index (χ4v) is 2.08. The number of anilines is 3. The van der Waals surface area contributed by atoms with Crippen LogP contribution in [0.1, 0.15) is 25.6 Å². The molecule has 0 fully saturated rings. The van der Waals surface area contributed by atoms with E-state index < -0.39 is 0 Å². The maximum absolute atomic E-state index is 6.21. The van der Waals surface area contributed by atoms with E-state index in [-0.39, 0.29) is 6.04 Å². The van der Waals surface area contributed by atoms with E-state index in [9.17, 15) is 0 Å². The lowest BCUT2D eigenvalue weighted by Gasteiger charge is -2.15. The van der Waals surface area contributed by atoms with E-state index in [1.807, 2.05) is 37.6 Å². The van der Waals surface area contributed by atoms with Crippen molar-refractivity contribution in [3.8, 4) is 5.75 Å². The van der Waals surface area contributed by atoms with Gasteiger partial charge in [-0.05, 0) is 32.9 Å². The summed E-state index contributed by atoms with van der Waals surface area (Å²) in [5, 5.41) is 8.28.